The highest BCUT2D eigenvalue weighted by atomic mass is 16.5. The first-order valence-corrected chi connectivity index (χ1v) is 7.07. The maximum Gasteiger partial charge on any atom is 0.330 e. The molecule has 0 amide bonds. The van der Waals surface area contributed by atoms with Gasteiger partial charge in [-0.3, -0.25) is 5.32 Å². The molecule has 1 aromatic carbocycles. The predicted molar refractivity (Wildman–Crippen MR) is 80.0 cm³/mol. The summed E-state index contributed by atoms with van der Waals surface area (Å²) in [6.45, 7) is 8.80. The Hall–Kier alpha value is -1.55. The molecule has 0 aliphatic carbocycles. The molecule has 0 saturated carbocycles. The van der Waals surface area contributed by atoms with Crippen LogP contribution in [0.1, 0.15) is 38.3 Å². The number of carbonyl (C=O) groups is 1. The van der Waals surface area contributed by atoms with Gasteiger partial charge in [0, 0.05) is 5.56 Å². The average molecular weight is 279 g/mol. The summed E-state index contributed by atoms with van der Waals surface area (Å²) in [5, 5.41) is 3.29. The molecule has 1 rings (SSSR count). The van der Waals surface area contributed by atoms with E-state index >= 15 is 0 Å². The Bertz CT molecular complexity index is 459. The van der Waals surface area contributed by atoms with Gasteiger partial charge in [-0.1, -0.05) is 18.6 Å². The SMILES string of the molecule is CCCNC(C)(C(=O)OCC)c1cc(C)ccc1OC. The topological polar surface area (TPSA) is 47.6 Å². The van der Waals surface area contributed by atoms with Gasteiger partial charge in [-0.2, -0.15) is 0 Å². The Morgan fingerprint density at radius 2 is 2.05 bits per heavy atom. The van der Waals surface area contributed by atoms with Crippen molar-refractivity contribution in [2.24, 2.45) is 0 Å². The summed E-state index contributed by atoms with van der Waals surface area (Å²) in [5.41, 5.74) is 0.991. The molecule has 0 spiro atoms. The number of carbonyl (C=O) groups excluding carboxylic acids is 1. The van der Waals surface area contributed by atoms with Crippen LogP contribution in [-0.2, 0) is 15.1 Å². The third kappa shape index (κ3) is 3.51. The molecule has 1 aromatic rings. The molecule has 0 radical (unpaired) electrons. The number of methoxy groups -OCH3 is 1. The van der Waals surface area contributed by atoms with E-state index in [2.05, 4.69) is 12.2 Å². The molecular formula is C16H25NO3. The van der Waals surface area contributed by atoms with Crippen molar-refractivity contribution in [1.82, 2.24) is 5.32 Å². The number of benzene rings is 1. The second-order valence-corrected chi connectivity index (χ2v) is 4.98. The summed E-state index contributed by atoms with van der Waals surface area (Å²) in [7, 11) is 1.61. The number of nitrogens with one attached hydrogen (secondary N) is 1. The van der Waals surface area contributed by atoms with E-state index in [0.29, 0.717) is 12.4 Å². The summed E-state index contributed by atoms with van der Waals surface area (Å²) in [4.78, 5) is 12.4. The van der Waals surface area contributed by atoms with Gasteiger partial charge in [0.25, 0.3) is 0 Å². The largest absolute Gasteiger partial charge is 0.496 e. The van der Waals surface area contributed by atoms with Crippen LogP contribution in [0.15, 0.2) is 18.2 Å². The summed E-state index contributed by atoms with van der Waals surface area (Å²) in [6.07, 6.45) is 0.934. The van der Waals surface area contributed by atoms with Crippen LogP contribution in [-0.4, -0.2) is 26.2 Å². The molecule has 1 atom stereocenters. The van der Waals surface area contributed by atoms with Gasteiger partial charge in [-0.05, 0) is 45.9 Å². The lowest BCUT2D eigenvalue weighted by Gasteiger charge is -2.30. The Morgan fingerprint density at radius 3 is 2.60 bits per heavy atom. The van der Waals surface area contributed by atoms with Gasteiger partial charge in [-0.15, -0.1) is 0 Å². The Kier molecular flexibility index (Phi) is 6.02. The van der Waals surface area contributed by atoms with Crippen molar-refractivity contribution in [3.8, 4) is 5.75 Å². The molecule has 112 valence electrons. The number of hydrogen-bond donors (Lipinski definition) is 1. The molecule has 1 unspecified atom stereocenters. The first-order chi connectivity index (χ1) is 9.49. The van der Waals surface area contributed by atoms with E-state index in [4.69, 9.17) is 9.47 Å². The number of rotatable bonds is 7. The van der Waals surface area contributed by atoms with Crippen LogP contribution in [0.3, 0.4) is 0 Å². The van der Waals surface area contributed by atoms with E-state index in [1.165, 1.54) is 0 Å². The van der Waals surface area contributed by atoms with Crippen molar-refractivity contribution in [1.29, 1.82) is 0 Å². The summed E-state index contributed by atoms with van der Waals surface area (Å²) in [5.74, 6) is 0.409. The highest BCUT2D eigenvalue weighted by molar-refractivity contribution is 5.83. The lowest BCUT2D eigenvalue weighted by Crippen LogP contribution is -2.48. The zero-order valence-electron chi connectivity index (χ0n) is 13.1. The molecule has 0 heterocycles. The molecule has 20 heavy (non-hydrogen) atoms. The minimum absolute atomic E-state index is 0.280. The van der Waals surface area contributed by atoms with Gasteiger partial charge in [0.1, 0.15) is 11.3 Å². The summed E-state index contributed by atoms with van der Waals surface area (Å²) < 4.78 is 10.6. The van der Waals surface area contributed by atoms with E-state index < -0.39 is 5.54 Å². The number of hydrogen-bond acceptors (Lipinski definition) is 4. The van der Waals surface area contributed by atoms with Gasteiger partial charge in [-0.25, -0.2) is 4.79 Å². The van der Waals surface area contributed by atoms with E-state index in [1.54, 1.807) is 7.11 Å². The quantitative estimate of drug-likeness (QED) is 0.780. The second kappa shape index (κ2) is 7.29. The molecule has 0 saturated heterocycles. The molecule has 0 aromatic heterocycles. The van der Waals surface area contributed by atoms with E-state index in [0.717, 1.165) is 24.1 Å². The van der Waals surface area contributed by atoms with Crippen LogP contribution in [0.2, 0.25) is 0 Å². The normalized spacial score (nSPS) is 13.7. The molecular weight excluding hydrogens is 254 g/mol. The first kappa shape index (κ1) is 16.5. The fourth-order valence-electron chi connectivity index (χ4n) is 2.14. The standard InChI is InChI=1S/C16H25NO3/c1-6-10-17-16(4,15(18)20-7-2)13-11-12(3)8-9-14(13)19-5/h8-9,11,17H,6-7,10H2,1-5H3. The van der Waals surface area contributed by atoms with Crippen LogP contribution in [0.25, 0.3) is 0 Å². The van der Waals surface area contributed by atoms with Crippen LogP contribution >= 0.6 is 0 Å². The van der Waals surface area contributed by atoms with E-state index in [1.807, 2.05) is 39.0 Å². The van der Waals surface area contributed by atoms with E-state index in [9.17, 15) is 4.79 Å². The zero-order chi connectivity index (χ0) is 15.2. The van der Waals surface area contributed by atoms with Crippen molar-refractivity contribution >= 4 is 5.97 Å². The number of aryl methyl sites for hydroxylation is 1. The fourth-order valence-corrected chi connectivity index (χ4v) is 2.14. The lowest BCUT2D eigenvalue weighted by atomic mass is 9.89. The molecule has 4 heteroatoms. The molecule has 0 aliphatic heterocycles. The maximum atomic E-state index is 12.4. The average Bonchev–Trinajstić information content (AvgIpc) is 2.44. The van der Waals surface area contributed by atoms with Crippen molar-refractivity contribution in [3.05, 3.63) is 29.3 Å². The molecule has 0 fully saturated rings. The summed E-state index contributed by atoms with van der Waals surface area (Å²) >= 11 is 0. The van der Waals surface area contributed by atoms with Crippen molar-refractivity contribution < 1.29 is 14.3 Å². The van der Waals surface area contributed by atoms with Crippen LogP contribution in [0.5, 0.6) is 5.75 Å². The Morgan fingerprint density at radius 1 is 1.35 bits per heavy atom. The van der Waals surface area contributed by atoms with Gasteiger partial charge in [0.15, 0.2) is 0 Å². The zero-order valence-corrected chi connectivity index (χ0v) is 13.1. The van der Waals surface area contributed by atoms with Crippen LogP contribution in [0, 0.1) is 6.92 Å². The molecule has 1 N–H and O–H groups in total. The lowest BCUT2D eigenvalue weighted by molar-refractivity contribution is -0.151. The number of esters is 1. The predicted octanol–water partition coefficient (Wildman–Crippen LogP) is 2.78. The monoisotopic (exact) mass is 279 g/mol. The van der Waals surface area contributed by atoms with Gasteiger partial charge in [0.05, 0.1) is 13.7 Å². The highest BCUT2D eigenvalue weighted by Gasteiger charge is 2.38. The van der Waals surface area contributed by atoms with Crippen molar-refractivity contribution in [2.75, 3.05) is 20.3 Å². The Labute approximate surface area is 121 Å². The van der Waals surface area contributed by atoms with Gasteiger partial charge in [0.2, 0.25) is 0 Å². The smallest absolute Gasteiger partial charge is 0.330 e. The highest BCUT2D eigenvalue weighted by Crippen LogP contribution is 2.32. The van der Waals surface area contributed by atoms with Crippen LogP contribution in [0.4, 0.5) is 0 Å². The number of ether oxygens (including phenoxy) is 2. The minimum Gasteiger partial charge on any atom is -0.496 e. The molecule has 4 nitrogen and oxygen atoms in total. The third-order valence-electron chi connectivity index (χ3n) is 3.31. The maximum absolute atomic E-state index is 12.4. The molecule has 0 aliphatic rings. The molecule has 0 bridgehead atoms. The van der Waals surface area contributed by atoms with Gasteiger partial charge >= 0.3 is 5.97 Å². The first-order valence-electron chi connectivity index (χ1n) is 7.07. The Balaban J connectivity index is 3.28. The van der Waals surface area contributed by atoms with Gasteiger partial charge < -0.3 is 9.47 Å². The minimum atomic E-state index is -0.899. The third-order valence-corrected chi connectivity index (χ3v) is 3.31. The van der Waals surface area contributed by atoms with Crippen molar-refractivity contribution in [3.63, 3.8) is 0 Å². The second-order valence-electron chi connectivity index (χ2n) is 4.98. The van der Waals surface area contributed by atoms with Crippen LogP contribution < -0.4 is 10.1 Å². The summed E-state index contributed by atoms with van der Waals surface area (Å²) in [6, 6.07) is 5.82. The fraction of sp³-hybridized carbons (Fsp3) is 0.562. The van der Waals surface area contributed by atoms with E-state index in [-0.39, 0.29) is 5.97 Å². The van der Waals surface area contributed by atoms with Crippen molar-refractivity contribution in [2.45, 2.75) is 39.7 Å².